The summed E-state index contributed by atoms with van der Waals surface area (Å²) in [4.78, 5) is 2.28. The number of hydrogen-bond donors (Lipinski definition) is 2. The minimum atomic E-state index is -0.451. The topological polar surface area (TPSA) is 62.2 Å². The van der Waals surface area contributed by atoms with Crippen LogP contribution in [0.3, 0.4) is 0 Å². The second kappa shape index (κ2) is 3.80. The Hall–Kier alpha value is -1.56. The van der Waals surface area contributed by atoms with Gasteiger partial charge in [0.25, 0.3) is 0 Å². The average Bonchev–Trinajstić information content (AvgIpc) is 2.99. The highest BCUT2D eigenvalue weighted by Crippen LogP contribution is 2.53. The van der Waals surface area contributed by atoms with Crippen molar-refractivity contribution in [1.29, 1.82) is 0 Å². The maximum absolute atomic E-state index is 10.7. The lowest BCUT2D eigenvalue weighted by Gasteiger charge is -2.45. The van der Waals surface area contributed by atoms with Crippen molar-refractivity contribution in [1.82, 2.24) is 4.90 Å². The van der Waals surface area contributed by atoms with Crippen molar-refractivity contribution in [2.75, 3.05) is 13.3 Å². The molecule has 1 aromatic carbocycles. The van der Waals surface area contributed by atoms with Gasteiger partial charge in [-0.05, 0) is 29.7 Å². The number of benzene rings is 1. The highest BCUT2D eigenvalue weighted by molar-refractivity contribution is 5.56. The van der Waals surface area contributed by atoms with Gasteiger partial charge in [-0.15, -0.1) is 0 Å². The van der Waals surface area contributed by atoms with E-state index in [1.807, 2.05) is 24.3 Å². The van der Waals surface area contributed by atoms with Gasteiger partial charge in [0.1, 0.15) is 0 Å². The predicted octanol–water partition coefficient (Wildman–Crippen LogP) is 0.533. The van der Waals surface area contributed by atoms with Crippen LogP contribution < -0.4 is 9.47 Å². The molecule has 0 aromatic heterocycles. The molecule has 5 rings (SSSR count). The molecular weight excluding hydrogens is 270 g/mol. The molecule has 2 unspecified atom stereocenters. The maximum atomic E-state index is 10.7. The van der Waals surface area contributed by atoms with E-state index in [0.29, 0.717) is 13.0 Å². The first kappa shape index (κ1) is 12.0. The fourth-order valence-electron chi connectivity index (χ4n) is 4.53. The molecule has 0 spiro atoms. The molecule has 1 saturated heterocycles. The summed E-state index contributed by atoms with van der Waals surface area (Å²) in [7, 11) is 0. The monoisotopic (exact) mass is 287 g/mol. The van der Waals surface area contributed by atoms with Crippen LogP contribution in [0.4, 0.5) is 0 Å². The molecule has 5 nitrogen and oxygen atoms in total. The molecule has 3 aliphatic heterocycles. The average molecular weight is 287 g/mol. The molecule has 1 fully saturated rings. The third-order valence-corrected chi connectivity index (χ3v) is 5.45. The van der Waals surface area contributed by atoms with Crippen LogP contribution in [0.25, 0.3) is 0 Å². The minimum absolute atomic E-state index is 0.153. The van der Waals surface area contributed by atoms with E-state index in [4.69, 9.17) is 9.47 Å². The molecular formula is C16H17NO4. The van der Waals surface area contributed by atoms with E-state index in [0.717, 1.165) is 23.6 Å². The molecule has 0 amide bonds. The highest BCUT2D eigenvalue weighted by atomic mass is 16.7. The maximum Gasteiger partial charge on any atom is 0.231 e. The Balaban J connectivity index is 1.76. The summed E-state index contributed by atoms with van der Waals surface area (Å²) >= 11 is 0. The SMILES string of the molecule is OC1CN2Cc3cc4c(cc3[C@@]13C=C[C@@H](O)C[C@H]23)OCO4. The zero-order chi connectivity index (χ0) is 14.2. The summed E-state index contributed by atoms with van der Waals surface area (Å²) in [5, 5.41) is 20.7. The van der Waals surface area contributed by atoms with Crippen LogP contribution in [0.2, 0.25) is 0 Å². The van der Waals surface area contributed by atoms with Gasteiger partial charge in [-0.3, -0.25) is 4.90 Å². The Labute approximate surface area is 122 Å². The molecule has 1 aromatic rings. The fraction of sp³-hybridized carbons (Fsp3) is 0.500. The molecule has 1 aliphatic carbocycles. The van der Waals surface area contributed by atoms with Crippen LogP contribution in [0.5, 0.6) is 11.5 Å². The summed E-state index contributed by atoms with van der Waals surface area (Å²) in [6, 6.07) is 4.22. The van der Waals surface area contributed by atoms with Gasteiger partial charge in [-0.1, -0.05) is 12.2 Å². The quantitative estimate of drug-likeness (QED) is 0.682. The van der Waals surface area contributed by atoms with E-state index in [1.165, 1.54) is 5.56 Å². The van der Waals surface area contributed by atoms with E-state index in [2.05, 4.69) is 4.90 Å². The molecule has 5 heteroatoms. The molecule has 0 saturated carbocycles. The summed E-state index contributed by atoms with van der Waals surface area (Å²) in [5.41, 5.74) is 1.89. The van der Waals surface area contributed by atoms with Gasteiger partial charge in [-0.2, -0.15) is 0 Å². The van der Waals surface area contributed by atoms with Crippen molar-refractivity contribution in [2.45, 2.75) is 36.6 Å². The first-order chi connectivity index (χ1) is 10.2. The van der Waals surface area contributed by atoms with E-state index >= 15 is 0 Å². The van der Waals surface area contributed by atoms with Gasteiger partial charge in [0.2, 0.25) is 6.79 Å². The van der Waals surface area contributed by atoms with E-state index < -0.39 is 17.6 Å². The Morgan fingerprint density at radius 3 is 2.86 bits per heavy atom. The van der Waals surface area contributed by atoms with E-state index in [-0.39, 0.29) is 12.8 Å². The summed E-state index contributed by atoms with van der Waals surface area (Å²) < 4.78 is 11.0. The molecule has 0 radical (unpaired) electrons. The number of rotatable bonds is 0. The number of ether oxygens (including phenoxy) is 2. The molecule has 3 heterocycles. The van der Waals surface area contributed by atoms with Gasteiger partial charge in [-0.25, -0.2) is 0 Å². The van der Waals surface area contributed by atoms with Gasteiger partial charge >= 0.3 is 0 Å². The van der Waals surface area contributed by atoms with E-state index in [1.54, 1.807) is 0 Å². The van der Waals surface area contributed by atoms with Crippen LogP contribution >= 0.6 is 0 Å². The number of aliphatic hydroxyl groups excluding tert-OH is 2. The molecule has 2 N–H and O–H groups in total. The predicted molar refractivity (Wildman–Crippen MR) is 74.2 cm³/mol. The summed E-state index contributed by atoms with van der Waals surface area (Å²) in [5.74, 6) is 1.55. The van der Waals surface area contributed by atoms with Gasteiger partial charge in [0.05, 0.1) is 17.6 Å². The first-order valence-electron chi connectivity index (χ1n) is 7.41. The Morgan fingerprint density at radius 1 is 1.19 bits per heavy atom. The third-order valence-electron chi connectivity index (χ3n) is 5.45. The van der Waals surface area contributed by atoms with Crippen molar-refractivity contribution >= 4 is 0 Å². The van der Waals surface area contributed by atoms with Crippen molar-refractivity contribution in [2.24, 2.45) is 0 Å². The van der Waals surface area contributed by atoms with Gasteiger partial charge < -0.3 is 19.7 Å². The number of fused-ring (bicyclic) bond motifs is 2. The molecule has 5 atom stereocenters. The lowest BCUT2D eigenvalue weighted by Crippen LogP contribution is -2.52. The van der Waals surface area contributed by atoms with Crippen LogP contribution in [0.1, 0.15) is 17.5 Å². The Kier molecular flexibility index (Phi) is 2.17. The molecule has 21 heavy (non-hydrogen) atoms. The standard InChI is InChI=1S/C16H17NO4/c18-10-1-2-16-11-5-13-12(20-8-21-13)3-9(11)6-17(7-15(16)19)14(16)4-10/h1-3,5,10,14-15,18-19H,4,6-8H2/t10-,14+,15?,16-/m1/s1. The highest BCUT2D eigenvalue weighted by Gasteiger charge is 2.58. The zero-order valence-corrected chi connectivity index (χ0v) is 11.5. The van der Waals surface area contributed by atoms with Gasteiger partial charge in [0, 0.05) is 19.1 Å². The van der Waals surface area contributed by atoms with Crippen molar-refractivity contribution in [3.63, 3.8) is 0 Å². The minimum Gasteiger partial charge on any atom is -0.454 e. The molecule has 2 bridgehead atoms. The lowest BCUT2D eigenvalue weighted by atomic mass is 9.65. The zero-order valence-electron chi connectivity index (χ0n) is 11.5. The van der Waals surface area contributed by atoms with Crippen LogP contribution in [-0.4, -0.2) is 46.7 Å². The normalized spacial score (nSPS) is 41.8. The Bertz CT molecular complexity index is 658. The number of aliphatic hydroxyl groups is 2. The lowest BCUT2D eigenvalue weighted by molar-refractivity contribution is 0.0937. The summed E-state index contributed by atoms with van der Waals surface area (Å²) in [6.45, 7) is 1.69. The molecule has 110 valence electrons. The largest absolute Gasteiger partial charge is 0.454 e. The fourth-order valence-corrected chi connectivity index (χ4v) is 4.53. The van der Waals surface area contributed by atoms with Crippen molar-refractivity contribution in [3.05, 3.63) is 35.4 Å². The van der Waals surface area contributed by atoms with Crippen LogP contribution in [-0.2, 0) is 12.0 Å². The number of nitrogens with zero attached hydrogens (tertiary/aromatic N) is 1. The second-order valence-electron chi connectivity index (χ2n) is 6.42. The first-order valence-corrected chi connectivity index (χ1v) is 7.41. The molecule has 4 aliphatic rings. The van der Waals surface area contributed by atoms with E-state index in [9.17, 15) is 10.2 Å². The third kappa shape index (κ3) is 1.36. The van der Waals surface area contributed by atoms with Gasteiger partial charge in [0.15, 0.2) is 11.5 Å². The number of hydrogen-bond acceptors (Lipinski definition) is 5. The van der Waals surface area contributed by atoms with Crippen LogP contribution in [0.15, 0.2) is 24.3 Å². The van der Waals surface area contributed by atoms with Crippen molar-refractivity contribution < 1.29 is 19.7 Å². The smallest absolute Gasteiger partial charge is 0.231 e. The second-order valence-corrected chi connectivity index (χ2v) is 6.42. The Morgan fingerprint density at radius 2 is 2.00 bits per heavy atom. The van der Waals surface area contributed by atoms with Crippen LogP contribution in [0, 0.1) is 0 Å². The summed E-state index contributed by atoms with van der Waals surface area (Å²) in [6.07, 6.45) is 3.63. The van der Waals surface area contributed by atoms with Crippen molar-refractivity contribution in [3.8, 4) is 11.5 Å².